The molecular formula is C20H25N3O2. The van der Waals surface area contributed by atoms with Gasteiger partial charge in [-0.25, -0.2) is 0 Å². The van der Waals surface area contributed by atoms with Crippen LogP contribution in [0.1, 0.15) is 27.0 Å². The van der Waals surface area contributed by atoms with Crippen LogP contribution in [-0.2, 0) is 4.79 Å². The lowest BCUT2D eigenvalue weighted by molar-refractivity contribution is -0.114. The molecule has 0 aromatic heterocycles. The van der Waals surface area contributed by atoms with Gasteiger partial charge in [0.15, 0.2) is 0 Å². The summed E-state index contributed by atoms with van der Waals surface area (Å²) < 4.78 is 0. The highest BCUT2D eigenvalue weighted by atomic mass is 16.2. The number of nitrogens with zero attached hydrogens (tertiary/aromatic N) is 1. The normalized spacial score (nSPS) is 10.3. The summed E-state index contributed by atoms with van der Waals surface area (Å²) >= 11 is 0. The molecule has 2 rings (SSSR count). The maximum absolute atomic E-state index is 12.2. The molecule has 0 aliphatic heterocycles. The highest BCUT2D eigenvalue weighted by Crippen LogP contribution is 2.21. The summed E-state index contributed by atoms with van der Waals surface area (Å²) in [7, 11) is 3.41. The second kappa shape index (κ2) is 7.83. The molecule has 0 unspecified atom stereocenters. The Bertz CT molecular complexity index is 757. The van der Waals surface area contributed by atoms with E-state index in [1.54, 1.807) is 38.4 Å². The van der Waals surface area contributed by atoms with Gasteiger partial charge in [-0.05, 0) is 56.2 Å². The summed E-state index contributed by atoms with van der Waals surface area (Å²) in [5.41, 5.74) is 5.70. The zero-order chi connectivity index (χ0) is 18.6. The summed E-state index contributed by atoms with van der Waals surface area (Å²) in [6.07, 6.45) is 0. The third-order valence-corrected chi connectivity index (χ3v) is 3.92. The second-order valence-electron chi connectivity index (χ2n) is 6.45. The lowest BCUT2D eigenvalue weighted by atomic mass is 10.1. The predicted octanol–water partition coefficient (Wildman–Crippen LogP) is 3.36. The van der Waals surface area contributed by atoms with E-state index in [1.165, 1.54) is 10.5 Å². The topological polar surface area (TPSA) is 61.4 Å². The maximum atomic E-state index is 12.2. The van der Waals surface area contributed by atoms with Crippen LogP contribution in [0.25, 0.3) is 0 Å². The van der Waals surface area contributed by atoms with Crippen LogP contribution in [0.15, 0.2) is 36.4 Å². The largest absolute Gasteiger partial charge is 0.376 e. The van der Waals surface area contributed by atoms with Crippen molar-refractivity contribution in [1.29, 1.82) is 0 Å². The van der Waals surface area contributed by atoms with Crippen LogP contribution in [0.5, 0.6) is 0 Å². The first-order valence-corrected chi connectivity index (χ1v) is 8.21. The van der Waals surface area contributed by atoms with Crippen molar-refractivity contribution in [2.45, 2.75) is 20.8 Å². The lowest BCUT2D eigenvalue weighted by Gasteiger charge is -2.14. The average Bonchev–Trinajstić information content (AvgIpc) is 2.53. The number of carbonyl (C=O) groups excluding carboxylic acids is 2. The van der Waals surface area contributed by atoms with Gasteiger partial charge in [-0.2, -0.15) is 0 Å². The fourth-order valence-corrected chi connectivity index (χ4v) is 2.79. The number of rotatable bonds is 5. The zero-order valence-electron chi connectivity index (χ0n) is 15.4. The van der Waals surface area contributed by atoms with E-state index in [2.05, 4.69) is 29.7 Å². The van der Waals surface area contributed by atoms with E-state index in [4.69, 9.17) is 0 Å². The minimum absolute atomic E-state index is 0.0649. The first-order chi connectivity index (χ1) is 11.8. The van der Waals surface area contributed by atoms with Crippen molar-refractivity contribution in [2.75, 3.05) is 31.3 Å². The molecule has 0 saturated carbocycles. The Morgan fingerprint density at radius 3 is 2.04 bits per heavy atom. The van der Waals surface area contributed by atoms with E-state index >= 15 is 0 Å². The minimum atomic E-state index is -0.133. The van der Waals surface area contributed by atoms with E-state index in [1.807, 2.05) is 13.8 Å². The Hall–Kier alpha value is -2.82. The zero-order valence-corrected chi connectivity index (χ0v) is 15.4. The average molecular weight is 339 g/mol. The molecule has 0 spiro atoms. The van der Waals surface area contributed by atoms with Crippen LogP contribution in [0.3, 0.4) is 0 Å². The van der Waals surface area contributed by atoms with Crippen LogP contribution in [0.4, 0.5) is 11.4 Å². The standard InChI is InChI=1S/C20H25N3O2/c1-13-10-14(2)19(15(3)11-13)21-12-18(24)22-17-8-6-16(7-9-17)20(25)23(4)5/h6-11,21H,12H2,1-5H3,(H,22,24). The van der Waals surface area contributed by atoms with Gasteiger partial charge in [0.05, 0.1) is 6.54 Å². The molecule has 5 nitrogen and oxygen atoms in total. The molecule has 0 radical (unpaired) electrons. The third-order valence-electron chi connectivity index (χ3n) is 3.92. The van der Waals surface area contributed by atoms with Crippen LogP contribution in [0, 0.1) is 20.8 Å². The fourth-order valence-electron chi connectivity index (χ4n) is 2.79. The molecule has 0 aliphatic carbocycles. The summed E-state index contributed by atoms with van der Waals surface area (Å²) in [4.78, 5) is 25.5. The van der Waals surface area contributed by atoms with Crippen molar-refractivity contribution in [2.24, 2.45) is 0 Å². The van der Waals surface area contributed by atoms with Gasteiger partial charge in [0.1, 0.15) is 0 Å². The van der Waals surface area contributed by atoms with Crippen molar-refractivity contribution in [3.05, 3.63) is 58.7 Å². The molecule has 25 heavy (non-hydrogen) atoms. The van der Waals surface area contributed by atoms with E-state index in [9.17, 15) is 9.59 Å². The van der Waals surface area contributed by atoms with Crippen molar-refractivity contribution in [3.8, 4) is 0 Å². The molecule has 2 amide bonds. The molecule has 5 heteroatoms. The quantitative estimate of drug-likeness (QED) is 0.878. The van der Waals surface area contributed by atoms with Crippen molar-refractivity contribution in [1.82, 2.24) is 4.90 Å². The first-order valence-electron chi connectivity index (χ1n) is 8.21. The molecule has 2 N–H and O–H groups in total. The van der Waals surface area contributed by atoms with E-state index < -0.39 is 0 Å². The Morgan fingerprint density at radius 1 is 0.960 bits per heavy atom. The number of amides is 2. The van der Waals surface area contributed by atoms with Gasteiger partial charge < -0.3 is 15.5 Å². The number of anilines is 2. The molecule has 0 bridgehead atoms. The lowest BCUT2D eigenvalue weighted by Crippen LogP contribution is -2.23. The Morgan fingerprint density at radius 2 is 1.52 bits per heavy atom. The summed E-state index contributed by atoms with van der Waals surface area (Å²) in [5, 5.41) is 6.03. The summed E-state index contributed by atoms with van der Waals surface area (Å²) in [5.74, 6) is -0.198. The summed E-state index contributed by atoms with van der Waals surface area (Å²) in [6.45, 7) is 6.30. The number of nitrogens with one attached hydrogen (secondary N) is 2. The number of hydrogen-bond donors (Lipinski definition) is 2. The molecule has 0 fully saturated rings. The molecule has 2 aromatic rings. The van der Waals surface area contributed by atoms with Gasteiger partial charge in [0, 0.05) is 31.0 Å². The smallest absolute Gasteiger partial charge is 0.253 e. The monoisotopic (exact) mass is 339 g/mol. The highest BCUT2D eigenvalue weighted by Gasteiger charge is 2.09. The summed E-state index contributed by atoms with van der Waals surface area (Å²) in [6, 6.07) is 11.1. The Labute approximate surface area is 149 Å². The first kappa shape index (κ1) is 18.5. The SMILES string of the molecule is Cc1cc(C)c(NCC(=O)Nc2ccc(C(=O)N(C)C)cc2)c(C)c1. The minimum Gasteiger partial charge on any atom is -0.376 e. The van der Waals surface area contributed by atoms with Crippen molar-refractivity contribution >= 4 is 23.2 Å². The number of hydrogen-bond acceptors (Lipinski definition) is 3. The number of benzene rings is 2. The molecule has 0 saturated heterocycles. The second-order valence-corrected chi connectivity index (χ2v) is 6.45. The Balaban J connectivity index is 1.96. The van der Waals surface area contributed by atoms with Crippen LogP contribution < -0.4 is 10.6 Å². The van der Waals surface area contributed by atoms with Crippen molar-refractivity contribution in [3.63, 3.8) is 0 Å². The van der Waals surface area contributed by atoms with Gasteiger partial charge in [-0.3, -0.25) is 9.59 Å². The molecule has 0 aliphatic rings. The molecule has 2 aromatic carbocycles. The number of aryl methyl sites for hydroxylation is 3. The van der Waals surface area contributed by atoms with E-state index in [-0.39, 0.29) is 18.4 Å². The maximum Gasteiger partial charge on any atom is 0.253 e. The molecular weight excluding hydrogens is 314 g/mol. The molecule has 0 atom stereocenters. The van der Waals surface area contributed by atoms with Gasteiger partial charge in [-0.1, -0.05) is 17.7 Å². The number of carbonyl (C=O) groups is 2. The fraction of sp³-hybridized carbons (Fsp3) is 0.300. The van der Waals surface area contributed by atoms with Gasteiger partial charge in [-0.15, -0.1) is 0 Å². The molecule has 0 heterocycles. The molecule has 132 valence electrons. The van der Waals surface area contributed by atoms with Crippen molar-refractivity contribution < 1.29 is 9.59 Å². The van der Waals surface area contributed by atoms with Gasteiger partial charge in [0.2, 0.25) is 5.91 Å². The van der Waals surface area contributed by atoms with Crippen LogP contribution in [-0.4, -0.2) is 37.4 Å². The highest BCUT2D eigenvalue weighted by molar-refractivity contribution is 5.96. The Kier molecular flexibility index (Phi) is 5.80. The van der Waals surface area contributed by atoms with E-state index in [0.29, 0.717) is 11.3 Å². The van der Waals surface area contributed by atoms with E-state index in [0.717, 1.165) is 16.8 Å². The van der Waals surface area contributed by atoms with Gasteiger partial charge >= 0.3 is 0 Å². The van der Waals surface area contributed by atoms with Crippen LogP contribution >= 0.6 is 0 Å². The van der Waals surface area contributed by atoms with Crippen LogP contribution in [0.2, 0.25) is 0 Å². The predicted molar refractivity (Wildman–Crippen MR) is 102 cm³/mol. The third kappa shape index (κ3) is 4.83. The van der Waals surface area contributed by atoms with Gasteiger partial charge in [0.25, 0.3) is 5.91 Å².